The van der Waals surface area contributed by atoms with E-state index in [-0.39, 0.29) is 11.5 Å². The normalized spacial score (nSPS) is 24.1. The third-order valence-electron chi connectivity index (χ3n) is 7.94. The fourth-order valence-corrected chi connectivity index (χ4v) is 5.99. The van der Waals surface area contributed by atoms with Crippen molar-refractivity contribution in [1.82, 2.24) is 19.3 Å². The highest BCUT2D eigenvalue weighted by Gasteiger charge is 2.33. The van der Waals surface area contributed by atoms with E-state index in [0.717, 1.165) is 57.8 Å². The monoisotopic (exact) mass is 437 g/mol. The van der Waals surface area contributed by atoms with Crippen LogP contribution in [0.3, 0.4) is 0 Å². The van der Waals surface area contributed by atoms with Crippen molar-refractivity contribution in [3.63, 3.8) is 0 Å². The van der Waals surface area contributed by atoms with Gasteiger partial charge in [0.25, 0.3) is 5.91 Å². The first kappa shape index (κ1) is 23.1. The molecule has 1 aromatic heterocycles. The number of likely N-dealkylation sites (tertiary alicyclic amines) is 1. The Morgan fingerprint density at radius 2 is 1.78 bits per heavy atom. The number of rotatable bonds is 5. The number of nitriles is 1. The summed E-state index contributed by atoms with van der Waals surface area (Å²) in [4.78, 5) is 20.1. The first-order valence-corrected chi connectivity index (χ1v) is 12.6. The van der Waals surface area contributed by atoms with Gasteiger partial charge in [-0.05, 0) is 57.4 Å². The molecule has 4 rings (SSSR count). The van der Waals surface area contributed by atoms with Gasteiger partial charge >= 0.3 is 0 Å². The molecule has 32 heavy (non-hydrogen) atoms. The number of carbonyl (C=O) groups excluding carboxylic acids is 1. The second-order valence-electron chi connectivity index (χ2n) is 9.82. The van der Waals surface area contributed by atoms with Gasteiger partial charge in [-0.2, -0.15) is 5.26 Å². The lowest BCUT2D eigenvalue weighted by Gasteiger charge is -2.37. The third kappa shape index (κ3) is 4.79. The lowest BCUT2D eigenvalue weighted by Crippen LogP contribution is -2.51. The molecule has 0 radical (unpaired) electrons. The van der Waals surface area contributed by atoms with E-state index < -0.39 is 0 Å². The van der Waals surface area contributed by atoms with E-state index in [0.29, 0.717) is 12.1 Å². The first-order chi connectivity index (χ1) is 15.5. The maximum atomic E-state index is 13.2. The second kappa shape index (κ2) is 10.2. The summed E-state index contributed by atoms with van der Waals surface area (Å²) in [6, 6.07) is 5.34. The molecule has 3 fully saturated rings. The number of likely N-dealkylation sites (N-methyl/N-ethyl adjacent to an activating group) is 1. The van der Waals surface area contributed by atoms with Crippen LogP contribution in [0.25, 0.3) is 6.08 Å². The Bertz CT molecular complexity index is 881. The smallest absolute Gasteiger partial charge is 0.264 e. The summed E-state index contributed by atoms with van der Waals surface area (Å²) >= 11 is 0. The molecular weight excluding hydrogens is 398 g/mol. The molecule has 1 amide bonds. The van der Waals surface area contributed by atoms with E-state index in [4.69, 9.17) is 0 Å². The molecule has 0 N–H and O–H groups in total. The Hall–Kier alpha value is -2.10. The molecule has 2 aliphatic heterocycles. The molecule has 0 aromatic carbocycles. The molecule has 2 saturated heterocycles. The maximum Gasteiger partial charge on any atom is 0.264 e. The zero-order valence-electron chi connectivity index (χ0n) is 20.1. The topological polar surface area (TPSA) is 55.5 Å². The molecule has 1 atom stereocenters. The van der Waals surface area contributed by atoms with E-state index in [1.165, 1.54) is 43.5 Å². The van der Waals surface area contributed by atoms with Gasteiger partial charge in [0.2, 0.25) is 0 Å². The summed E-state index contributed by atoms with van der Waals surface area (Å²) in [6.45, 7) is 13.5. The van der Waals surface area contributed by atoms with Gasteiger partial charge < -0.3 is 14.4 Å². The van der Waals surface area contributed by atoms with Crippen LogP contribution >= 0.6 is 0 Å². The van der Waals surface area contributed by atoms with Crippen molar-refractivity contribution in [2.75, 3.05) is 45.8 Å². The van der Waals surface area contributed by atoms with Crippen LogP contribution in [0, 0.1) is 25.2 Å². The van der Waals surface area contributed by atoms with E-state index >= 15 is 0 Å². The maximum absolute atomic E-state index is 13.2. The predicted octanol–water partition coefficient (Wildman–Crippen LogP) is 3.76. The van der Waals surface area contributed by atoms with E-state index in [2.05, 4.69) is 47.3 Å². The Morgan fingerprint density at radius 3 is 2.44 bits per heavy atom. The van der Waals surface area contributed by atoms with Crippen molar-refractivity contribution in [3.8, 4) is 6.07 Å². The first-order valence-electron chi connectivity index (χ1n) is 12.6. The zero-order valence-corrected chi connectivity index (χ0v) is 20.1. The number of aromatic nitrogens is 1. The molecule has 1 unspecified atom stereocenters. The number of aryl methyl sites for hydroxylation is 1. The van der Waals surface area contributed by atoms with Gasteiger partial charge in [-0.3, -0.25) is 9.69 Å². The third-order valence-corrected chi connectivity index (χ3v) is 7.94. The van der Waals surface area contributed by atoms with Gasteiger partial charge in [-0.1, -0.05) is 26.2 Å². The summed E-state index contributed by atoms with van der Waals surface area (Å²) in [5.74, 6) is -0.107. The molecule has 1 aromatic rings. The molecular formula is C26H39N5O. The average Bonchev–Trinajstić information content (AvgIpc) is 3.42. The van der Waals surface area contributed by atoms with Crippen molar-refractivity contribution in [1.29, 1.82) is 5.26 Å². The number of carbonyl (C=O) groups is 1. The van der Waals surface area contributed by atoms with Gasteiger partial charge in [0.15, 0.2) is 0 Å². The van der Waals surface area contributed by atoms with Crippen molar-refractivity contribution >= 4 is 12.0 Å². The van der Waals surface area contributed by atoms with E-state index in [1.807, 2.05) is 11.0 Å². The largest absolute Gasteiger partial charge is 0.346 e. The van der Waals surface area contributed by atoms with E-state index in [1.54, 1.807) is 0 Å². The highest BCUT2D eigenvalue weighted by molar-refractivity contribution is 6.02. The van der Waals surface area contributed by atoms with Crippen molar-refractivity contribution in [3.05, 3.63) is 28.6 Å². The van der Waals surface area contributed by atoms with Gasteiger partial charge in [0, 0.05) is 62.7 Å². The quantitative estimate of drug-likeness (QED) is 0.520. The Kier molecular flexibility index (Phi) is 7.37. The summed E-state index contributed by atoms with van der Waals surface area (Å²) in [5.41, 5.74) is 3.70. The molecule has 0 bridgehead atoms. The number of piperazine rings is 1. The molecule has 1 saturated carbocycles. The Morgan fingerprint density at radius 1 is 1.06 bits per heavy atom. The number of amides is 1. The Labute approximate surface area is 193 Å². The highest BCUT2D eigenvalue weighted by Crippen LogP contribution is 2.33. The average molecular weight is 438 g/mol. The van der Waals surface area contributed by atoms with Crippen LogP contribution in [0.4, 0.5) is 0 Å². The SMILES string of the molecule is CCN1CCN(C2CCN(C(=O)/C(C#N)=C/c3cc(C)n(C4CCCCC4)c3C)C2)CC1. The fraction of sp³-hybridized carbons (Fsp3) is 0.692. The lowest BCUT2D eigenvalue weighted by atomic mass is 9.95. The van der Waals surface area contributed by atoms with Crippen LogP contribution in [0.2, 0.25) is 0 Å². The van der Waals surface area contributed by atoms with Crippen LogP contribution in [-0.4, -0.2) is 77.0 Å². The van der Waals surface area contributed by atoms with E-state index in [9.17, 15) is 10.1 Å². The van der Waals surface area contributed by atoms with Crippen LogP contribution in [-0.2, 0) is 4.79 Å². The van der Waals surface area contributed by atoms with Crippen molar-refractivity contribution in [2.45, 2.75) is 71.4 Å². The summed E-state index contributed by atoms with van der Waals surface area (Å²) in [6.07, 6.45) is 9.21. The molecule has 174 valence electrons. The fourth-order valence-electron chi connectivity index (χ4n) is 5.99. The van der Waals surface area contributed by atoms with Gasteiger partial charge in [0.05, 0.1) is 0 Å². The van der Waals surface area contributed by atoms with Gasteiger partial charge in [-0.25, -0.2) is 0 Å². The standard InChI is InChI=1S/C26H39N5O/c1-4-28-12-14-29(15-13-28)25-10-11-30(19-25)26(32)23(18-27)17-22-16-20(2)31(21(22)3)24-8-6-5-7-9-24/h16-17,24-25H,4-15,19H2,1-3H3/b23-17+. The Balaban J connectivity index is 1.44. The highest BCUT2D eigenvalue weighted by atomic mass is 16.2. The molecule has 1 aliphatic carbocycles. The molecule has 6 nitrogen and oxygen atoms in total. The predicted molar refractivity (Wildman–Crippen MR) is 128 cm³/mol. The number of nitrogens with zero attached hydrogens (tertiary/aromatic N) is 5. The van der Waals surface area contributed by atoms with Crippen LogP contribution in [0.15, 0.2) is 11.6 Å². The molecule has 3 heterocycles. The molecule has 0 spiro atoms. The minimum atomic E-state index is -0.107. The zero-order chi connectivity index (χ0) is 22.7. The van der Waals surface area contributed by atoms with Crippen LogP contribution < -0.4 is 0 Å². The molecule has 3 aliphatic rings. The minimum Gasteiger partial charge on any atom is -0.346 e. The van der Waals surface area contributed by atoms with Crippen molar-refractivity contribution in [2.24, 2.45) is 0 Å². The van der Waals surface area contributed by atoms with Crippen molar-refractivity contribution < 1.29 is 4.79 Å². The second-order valence-corrected chi connectivity index (χ2v) is 9.82. The lowest BCUT2D eigenvalue weighted by molar-refractivity contribution is -0.125. The van der Waals surface area contributed by atoms with Gasteiger partial charge in [0.1, 0.15) is 11.6 Å². The minimum absolute atomic E-state index is 0.107. The summed E-state index contributed by atoms with van der Waals surface area (Å²) in [5, 5.41) is 9.82. The number of hydrogen-bond acceptors (Lipinski definition) is 4. The van der Waals surface area contributed by atoms with Crippen LogP contribution in [0.5, 0.6) is 0 Å². The summed E-state index contributed by atoms with van der Waals surface area (Å²) < 4.78 is 2.44. The van der Waals surface area contributed by atoms with Crippen LogP contribution in [0.1, 0.15) is 68.4 Å². The molecule has 6 heteroatoms. The number of hydrogen-bond donors (Lipinski definition) is 0. The van der Waals surface area contributed by atoms with Gasteiger partial charge in [-0.15, -0.1) is 0 Å². The summed E-state index contributed by atoms with van der Waals surface area (Å²) in [7, 11) is 0.